The molecule has 15 heavy (non-hydrogen) atoms. The highest BCUT2D eigenvalue weighted by molar-refractivity contribution is 9.10. The molecule has 4 nitrogen and oxygen atoms in total. The van der Waals surface area contributed by atoms with Crippen molar-refractivity contribution in [2.24, 2.45) is 0 Å². The Balaban J connectivity index is 1.98. The minimum atomic E-state index is -0.0250. The maximum Gasteiger partial charge on any atom is 0.267 e. The third kappa shape index (κ3) is 2.66. The maximum atomic E-state index is 11.6. The Morgan fingerprint density at radius 3 is 3.27 bits per heavy atom. The summed E-state index contributed by atoms with van der Waals surface area (Å²) in [6.07, 6.45) is 6.54. The molecule has 1 unspecified atom stereocenters. The zero-order chi connectivity index (χ0) is 10.7. The van der Waals surface area contributed by atoms with Crippen LogP contribution in [0.4, 0.5) is 0 Å². The SMILES string of the molecule is O=c1c(Br)cncn1CCC1CCCO1. The van der Waals surface area contributed by atoms with E-state index in [0.29, 0.717) is 17.1 Å². The Morgan fingerprint density at radius 1 is 1.67 bits per heavy atom. The van der Waals surface area contributed by atoms with Crippen LogP contribution < -0.4 is 5.56 Å². The van der Waals surface area contributed by atoms with E-state index in [-0.39, 0.29) is 5.56 Å². The third-order valence-electron chi connectivity index (χ3n) is 2.58. The Labute approximate surface area is 96.4 Å². The number of aryl methyl sites for hydroxylation is 1. The molecule has 1 aromatic rings. The van der Waals surface area contributed by atoms with Gasteiger partial charge in [0.2, 0.25) is 0 Å². The van der Waals surface area contributed by atoms with Gasteiger partial charge in [-0.05, 0) is 35.2 Å². The van der Waals surface area contributed by atoms with Crippen LogP contribution in [-0.4, -0.2) is 22.3 Å². The van der Waals surface area contributed by atoms with Crippen molar-refractivity contribution in [1.82, 2.24) is 9.55 Å². The van der Waals surface area contributed by atoms with Crippen LogP contribution in [0.15, 0.2) is 21.8 Å². The second kappa shape index (κ2) is 4.90. The number of nitrogens with zero attached hydrogens (tertiary/aromatic N) is 2. The minimum Gasteiger partial charge on any atom is -0.378 e. The molecule has 2 rings (SSSR count). The van der Waals surface area contributed by atoms with Crippen LogP contribution in [0.3, 0.4) is 0 Å². The smallest absolute Gasteiger partial charge is 0.267 e. The van der Waals surface area contributed by atoms with E-state index in [9.17, 15) is 4.79 Å². The first kappa shape index (κ1) is 10.8. The molecule has 0 bridgehead atoms. The summed E-state index contributed by atoms with van der Waals surface area (Å²) in [5.74, 6) is 0. The fourth-order valence-electron chi connectivity index (χ4n) is 1.74. The number of aromatic nitrogens is 2. The second-order valence-electron chi connectivity index (χ2n) is 3.66. The van der Waals surface area contributed by atoms with Crippen molar-refractivity contribution in [3.8, 4) is 0 Å². The van der Waals surface area contributed by atoms with E-state index in [1.165, 1.54) is 6.20 Å². The molecule has 5 heteroatoms. The zero-order valence-corrected chi connectivity index (χ0v) is 9.94. The monoisotopic (exact) mass is 272 g/mol. The van der Waals surface area contributed by atoms with E-state index in [4.69, 9.17) is 4.74 Å². The Morgan fingerprint density at radius 2 is 2.53 bits per heavy atom. The van der Waals surface area contributed by atoms with Crippen LogP contribution in [0.25, 0.3) is 0 Å². The highest BCUT2D eigenvalue weighted by Gasteiger charge is 2.15. The summed E-state index contributed by atoms with van der Waals surface area (Å²) in [5, 5.41) is 0. The molecule has 1 atom stereocenters. The zero-order valence-electron chi connectivity index (χ0n) is 8.36. The second-order valence-corrected chi connectivity index (χ2v) is 4.52. The van der Waals surface area contributed by atoms with E-state index < -0.39 is 0 Å². The molecule has 0 aromatic carbocycles. The summed E-state index contributed by atoms with van der Waals surface area (Å²) in [5.41, 5.74) is -0.0250. The van der Waals surface area contributed by atoms with Gasteiger partial charge < -0.3 is 4.74 Å². The predicted octanol–water partition coefficient (Wildman–Crippen LogP) is 1.57. The molecule has 1 saturated heterocycles. The fourth-order valence-corrected chi connectivity index (χ4v) is 2.08. The van der Waals surface area contributed by atoms with Crippen LogP contribution in [0, 0.1) is 0 Å². The van der Waals surface area contributed by atoms with E-state index in [2.05, 4.69) is 20.9 Å². The molecular formula is C10H13BrN2O2. The van der Waals surface area contributed by atoms with Gasteiger partial charge in [-0.3, -0.25) is 9.36 Å². The van der Waals surface area contributed by atoms with E-state index in [1.54, 1.807) is 10.9 Å². The summed E-state index contributed by atoms with van der Waals surface area (Å²) < 4.78 is 7.63. The van der Waals surface area contributed by atoms with E-state index in [1.807, 2.05) is 0 Å². The largest absolute Gasteiger partial charge is 0.378 e. The molecule has 0 N–H and O–H groups in total. The lowest BCUT2D eigenvalue weighted by Gasteiger charge is -2.10. The minimum absolute atomic E-state index is 0.0250. The molecule has 0 radical (unpaired) electrons. The molecule has 1 aliphatic rings. The number of ether oxygens (including phenoxy) is 1. The molecule has 0 aliphatic carbocycles. The van der Waals surface area contributed by atoms with Gasteiger partial charge in [0.05, 0.1) is 12.4 Å². The Bertz CT molecular complexity index is 385. The highest BCUT2D eigenvalue weighted by Crippen LogP contribution is 2.15. The Kier molecular flexibility index (Phi) is 3.53. The summed E-state index contributed by atoms with van der Waals surface area (Å²) in [7, 11) is 0. The lowest BCUT2D eigenvalue weighted by atomic mass is 10.2. The summed E-state index contributed by atoms with van der Waals surface area (Å²) in [6.45, 7) is 1.53. The molecule has 82 valence electrons. The van der Waals surface area contributed by atoms with Crippen LogP contribution >= 0.6 is 15.9 Å². The molecule has 0 spiro atoms. The van der Waals surface area contributed by atoms with Crippen molar-refractivity contribution in [2.45, 2.75) is 31.9 Å². The standard InChI is InChI=1S/C10H13BrN2O2/c11-9-6-12-7-13(10(9)14)4-3-8-2-1-5-15-8/h6-8H,1-5H2. The summed E-state index contributed by atoms with van der Waals surface area (Å²) >= 11 is 3.17. The number of halogens is 1. The lowest BCUT2D eigenvalue weighted by molar-refractivity contribution is 0.1000. The van der Waals surface area contributed by atoms with Gasteiger partial charge in [0, 0.05) is 19.3 Å². The molecule has 0 saturated carbocycles. The van der Waals surface area contributed by atoms with E-state index in [0.717, 1.165) is 25.9 Å². The van der Waals surface area contributed by atoms with Crippen molar-refractivity contribution in [1.29, 1.82) is 0 Å². The van der Waals surface area contributed by atoms with Gasteiger partial charge in [-0.2, -0.15) is 0 Å². The van der Waals surface area contributed by atoms with Crippen molar-refractivity contribution in [3.63, 3.8) is 0 Å². The van der Waals surface area contributed by atoms with Gasteiger partial charge in [0.1, 0.15) is 4.47 Å². The average molecular weight is 273 g/mol. The van der Waals surface area contributed by atoms with Crippen molar-refractivity contribution >= 4 is 15.9 Å². The first-order valence-corrected chi connectivity index (χ1v) is 5.88. The Hall–Kier alpha value is -0.680. The van der Waals surface area contributed by atoms with Gasteiger partial charge in [-0.1, -0.05) is 0 Å². The van der Waals surface area contributed by atoms with Gasteiger partial charge in [0.15, 0.2) is 0 Å². The lowest BCUT2D eigenvalue weighted by Crippen LogP contribution is -2.22. The molecular weight excluding hydrogens is 260 g/mol. The van der Waals surface area contributed by atoms with Gasteiger partial charge in [-0.25, -0.2) is 4.98 Å². The maximum absolute atomic E-state index is 11.6. The van der Waals surface area contributed by atoms with Crippen molar-refractivity contribution in [3.05, 3.63) is 27.4 Å². The molecule has 2 heterocycles. The van der Waals surface area contributed by atoms with Crippen LogP contribution in [0.5, 0.6) is 0 Å². The summed E-state index contributed by atoms with van der Waals surface area (Å²) in [6, 6.07) is 0. The van der Waals surface area contributed by atoms with Crippen LogP contribution in [0.2, 0.25) is 0 Å². The van der Waals surface area contributed by atoms with Crippen molar-refractivity contribution in [2.75, 3.05) is 6.61 Å². The summed E-state index contributed by atoms with van der Waals surface area (Å²) in [4.78, 5) is 15.6. The molecule has 1 aliphatic heterocycles. The third-order valence-corrected chi connectivity index (χ3v) is 3.12. The number of hydrogen-bond acceptors (Lipinski definition) is 3. The van der Waals surface area contributed by atoms with Crippen molar-refractivity contribution < 1.29 is 4.74 Å². The quantitative estimate of drug-likeness (QED) is 0.839. The fraction of sp³-hybridized carbons (Fsp3) is 0.600. The van der Waals surface area contributed by atoms with Gasteiger partial charge >= 0.3 is 0 Å². The highest BCUT2D eigenvalue weighted by atomic mass is 79.9. The van der Waals surface area contributed by atoms with Crippen LogP contribution in [-0.2, 0) is 11.3 Å². The van der Waals surface area contributed by atoms with E-state index >= 15 is 0 Å². The first-order chi connectivity index (χ1) is 7.27. The average Bonchev–Trinajstić information content (AvgIpc) is 2.73. The van der Waals surface area contributed by atoms with Crippen LogP contribution in [0.1, 0.15) is 19.3 Å². The normalized spacial score (nSPS) is 20.7. The molecule has 1 fully saturated rings. The predicted molar refractivity (Wildman–Crippen MR) is 59.8 cm³/mol. The first-order valence-electron chi connectivity index (χ1n) is 5.09. The topological polar surface area (TPSA) is 44.1 Å². The van der Waals surface area contributed by atoms with Gasteiger partial charge in [0.25, 0.3) is 5.56 Å². The molecule has 0 amide bonds. The number of rotatable bonds is 3. The molecule has 1 aromatic heterocycles. The van der Waals surface area contributed by atoms with Gasteiger partial charge in [-0.15, -0.1) is 0 Å². The number of hydrogen-bond donors (Lipinski definition) is 0.